The molecule has 150 valence electrons. The minimum absolute atomic E-state index is 0.134. The molecule has 0 spiro atoms. The number of benzene rings is 2. The Morgan fingerprint density at radius 3 is 2.37 bits per heavy atom. The molecule has 3 heterocycles. The highest BCUT2D eigenvalue weighted by molar-refractivity contribution is 7.13. The van der Waals surface area contributed by atoms with Crippen molar-refractivity contribution in [3.63, 3.8) is 0 Å². The van der Waals surface area contributed by atoms with E-state index in [4.69, 9.17) is 9.97 Å². The van der Waals surface area contributed by atoms with E-state index >= 15 is 0 Å². The van der Waals surface area contributed by atoms with E-state index in [2.05, 4.69) is 28.9 Å². The molecule has 30 heavy (non-hydrogen) atoms. The van der Waals surface area contributed by atoms with Gasteiger partial charge in [0, 0.05) is 31.1 Å². The predicted molar refractivity (Wildman–Crippen MR) is 121 cm³/mol. The second-order valence-electron chi connectivity index (χ2n) is 7.50. The van der Waals surface area contributed by atoms with Gasteiger partial charge in [-0.25, -0.2) is 15.0 Å². The molecule has 0 N–H and O–H groups in total. The largest absolute Gasteiger partial charge is 0.357 e. The second-order valence-corrected chi connectivity index (χ2v) is 8.35. The Morgan fingerprint density at radius 2 is 1.63 bits per heavy atom. The number of carbonyl (C=O) groups is 1. The van der Waals surface area contributed by atoms with Crippen LogP contribution < -0.4 is 9.80 Å². The highest BCUT2D eigenvalue weighted by Gasteiger charge is 2.28. The first-order chi connectivity index (χ1) is 14.6. The van der Waals surface area contributed by atoms with Crippen molar-refractivity contribution in [3.8, 4) is 10.6 Å². The molecule has 0 atom stereocenters. The fraction of sp³-hybridized carbons (Fsp3) is 0.217. The molecule has 0 unspecified atom stereocenters. The average molecular weight is 416 g/mol. The first-order valence-electron chi connectivity index (χ1n) is 9.92. The molecule has 0 fully saturated rings. The van der Waals surface area contributed by atoms with Gasteiger partial charge >= 0.3 is 0 Å². The number of fused-ring (bicyclic) bond motifs is 2. The summed E-state index contributed by atoms with van der Waals surface area (Å²) in [4.78, 5) is 31.5. The van der Waals surface area contributed by atoms with Crippen LogP contribution in [0.1, 0.15) is 22.5 Å². The lowest BCUT2D eigenvalue weighted by Gasteiger charge is -2.22. The Balaban J connectivity index is 1.54. The van der Waals surface area contributed by atoms with Crippen LogP contribution in [-0.2, 0) is 0 Å². The second kappa shape index (κ2) is 7.50. The number of hydrogen-bond acceptors (Lipinski definition) is 6. The maximum absolute atomic E-state index is 13.4. The number of nitrogens with zero attached hydrogens (tertiary/aromatic N) is 5. The van der Waals surface area contributed by atoms with Crippen LogP contribution in [0.3, 0.4) is 0 Å². The van der Waals surface area contributed by atoms with Crippen molar-refractivity contribution in [2.75, 3.05) is 29.9 Å². The molecule has 5 rings (SSSR count). The molecule has 7 heteroatoms. The Morgan fingerprint density at radius 1 is 0.933 bits per heavy atom. The van der Waals surface area contributed by atoms with E-state index < -0.39 is 0 Å². The topological polar surface area (TPSA) is 62.2 Å². The monoisotopic (exact) mass is 415 g/mol. The van der Waals surface area contributed by atoms with Gasteiger partial charge in [-0.3, -0.25) is 9.69 Å². The molecule has 0 bridgehead atoms. The van der Waals surface area contributed by atoms with Crippen LogP contribution in [0.4, 0.5) is 11.6 Å². The fourth-order valence-corrected chi connectivity index (χ4v) is 4.43. The van der Waals surface area contributed by atoms with Crippen LogP contribution in [0.2, 0.25) is 0 Å². The van der Waals surface area contributed by atoms with E-state index in [9.17, 15) is 4.79 Å². The van der Waals surface area contributed by atoms with Crippen molar-refractivity contribution in [3.05, 3.63) is 65.2 Å². The lowest BCUT2D eigenvalue weighted by atomic mass is 10.2. The number of carbonyl (C=O) groups excluding carboxylic acids is 1. The van der Waals surface area contributed by atoms with Crippen LogP contribution >= 0.6 is 11.3 Å². The lowest BCUT2D eigenvalue weighted by Crippen LogP contribution is -2.32. The third kappa shape index (κ3) is 3.31. The van der Waals surface area contributed by atoms with E-state index in [-0.39, 0.29) is 5.91 Å². The van der Waals surface area contributed by atoms with E-state index in [1.807, 2.05) is 48.8 Å². The summed E-state index contributed by atoms with van der Waals surface area (Å²) >= 11 is 1.49. The molecule has 6 nitrogen and oxygen atoms in total. The third-order valence-corrected chi connectivity index (χ3v) is 6.19. The zero-order valence-corrected chi connectivity index (χ0v) is 17.7. The van der Waals surface area contributed by atoms with Crippen molar-refractivity contribution in [1.82, 2.24) is 15.0 Å². The number of amides is 1. The summed E-state index contributed by atoms with van der Waals surface area (Å²) < 4.78 is 0. The van der Waals surface area contributed by atoms with Crippen molar-refractivity contribution in [2.45, 2.75) is 13.3 Å². The molecule has 0 saturated carbocycles. The van der Waals surface area contributed by atoms with Gasteiger partial charge < -0.3 is 4.90 Å². The van der Waals surface area contributed by atoms with Gasteiger partial charge in [-0.05, 0) is 25.5 Å². The van der Waals surface area contributed by atoms with Crippen molar-refractivity contribution in [1.29, 1.82) is 0 Å². The summed E-state index contributed by atoms with van der Waals surface area (Å²) in [7, 11) is 1.99. The molecule has 1 amide bonds. The highest BCUT2D eigenvalue weighted by Crippen LogP contribution is 2.32. The smallest absolute Gasteiger partial charge is 0.279 e. The molecular weight excluding hydrogens is 394 g/mol. The highest BCUT2D eigenvalue weighted by atomic mass is 32.1. The minimum atomic E-state index is -0.134. The Kier molecular flexibility index (Phi) is 4.67. The quantitative estimate of drug-likeness (QED) is 0.481. The SMILES string of the molecule is Cc1ccc(-c2nc(C(=O)N3CCCN(C)c4nc5ccccc5nc43)cs2)cc1. The van der Waals surface area contributed by atoms with Gasteiger partial charge in [0.2, 0.25) is 0 Å². The maximum Gasteiger partial charge on any atom is 0.279 e. The van der Waals surface area contributed by atoms with Crippen molar-refractivity contribution >= 4 is 39.9 Å². The van der Waals surface area contributed by atoms with Gasteiger partial charge in [-0.15, -0.1) is 11.3 Å². The molecule has 0 radical (unpaired) electrons. The number of aryl methyl sites for hydroxylation is 1. The van der Waals surface area contributed by atoms with Gasteiger partial charge in [0.15, 0.2) is 11.6 Å². The molecular formula is C23H21N5OS. The van der Waals surface area contributed by atoms with Gasteiger partial charge in [-0.1, -0.05) is 42.0 Å². The third-order valence-electron chi connectivity index (χ3n) is 5.29. The van der Waals surface area contributed by atoms with Gasteiger partial charge in [0.25, 0.3) is 5.91 Å². The molecule has 2 aromatic heterocycles. The van der Waals surface area contributed by atoms with Crippen LogP contribution in [0.5, 0.6) is 0 Å². The van der Waals surface area contributed by atoms with E-state index in [0.717, 1.165) is 40.4 Å². The average Bonchev–Trinajstić information content (AvgIpc) is 3.20. The number of thiazole rings is 1. The summed E-state index contributed by atoms with van der Waals surface area (Å²) in [5, 5.41) is 2.68. The molecule has 4 aromatic rings. The number of hydrogen-bond donors (Lipinski definition) is 0. The Labute approximate surface area is 178 Å². The minimum Gasteiger partial charge on any atom is -0.357 e. The van der Waals surface area contributed by atoms with Crippen LogP contribution in [0.15, 0.2) is 53.9 Å². The van der Waals surface area contributed by atoms with Crippen LogP contribution in [0.25, 0.3) is 21.6 Å². The molecule has 1 aliphatic rings. The molecule has 0 saturated heterocycles. The first kappa shape index (κ1) is 18.7. The molecule has 1 aliphatic heterocycles. The summed E-state index contributed by atoms with van der Waals surface area (Å²) in [5.41, 5.74) is 4.27. The number of aromatic nitrogens is 3. The summed E-state index contributed by atoms with van der Waals surface area (Å²) in [6.07, 6.45) is 0.839. The molecule has 0 aliphatic carbocycles. The van der Waals surface area contributed by atoms with Gasteiger partial charge in [0.1, 0.15) is 10.7 Å². The van der Waals surface area contributed by atoms with Crippen LogP contribution in [-0.4, -0.2) is 41.0 Å². The van der Waals surface area contributed by atoms with E-state index in [1.54, 1.807) is 4.90 Å². The number of rotatable bonds is 2. The number of para-hydroxylation sites is 2. The Hall–Kier alpha value is -3.32. The summed E-state index contributed by atoms with van der Waals surface area (Å²) in [6, 6.07) is 15.9. The van der Waals surface area contributed by atoms with Crippen molar-refractivity contribution < 1.29 is 4.79 Å². The Bertz CT molecular complexity index is 1230. The fourth-order valence-electron chi connectivity index (χ4n) is 3.63. The molecule has 2 aromatic carbocycles. The van der Waals surface area contributed by atoms with Crippen LogP contribution in [0, 0.1) is 6.92 Å². The van der Waals surface area contributed by atoms with Gasteiger partial charge in [-0.2, -0.15) is 0 Å². The zero-order valence-electron chi connectivity index (χ0n) is 16.9. The lowest BCUT2D eigenvalue weighted by molar-refractivity contribution is 0.0982. The maximum atomic E-state index is 13.4. The first-order valence-corrected chi connectivity index (χ1v) is 10.8. The number of anilines is 2. The normalized spacial score (nSPS) is 13.9. The van der Waals surface area contributed by atoms with E-state index in [0.29, 0.717) is 18.1 Å². The summed E-state index contributed by atoms with van der Waals surface area (Å²) in [6.45, 7) is 3.45. The predicted octanol–water partition coefficient (Wildman–Crippen LogP) is 4.55. The zero-order chi connectivity index (χ0) is 20.7. The van der Waals surface area contributed by atoms with Gasteiger partial charge in [0.05, 0.1) is 11.0 Å². The van der Waals surface area contributed by atoms with E-state index in [1.165, 1.54) is 16.9 Å². The summed E-state index contributed by atoms with van der Waals surface area (Å²) in [5.74, 6) is 1.20. The standard InChI is InChI=1S/C23H21N5OS/c1-15-8-10-16(11-9-15)22-26-19(14-30-22)23(29)28-13-5-12-27(2)20-21(28)25-18-7-4-3-6-17(18)24-20/h3-4,6-11,14H,5,12-13H2,1-2H3. The van der Waals surface area contributed by atoms with Crippen molar-refractivity contribution in [2.24, 2.45) is 0 Å².